The van der Waals surface area contributed by atoms with Gasteiger partial charge < -0.3 is 25.4 Å². The lowest BCUT2D eigenvalue weighted by Gasteiger charge is -2.36. The van der Waals surface area contributed by atoms with E-state index in [4.69, 9.17) is 4.74 Å². The number of hydrogen-bond acceptors (Lipinski definition) is 5. The Morgan fingerprint density at radius 3 is 1.97 bits per heavy atom. The summed E-state index contributed by atoms with van der Waals surface area (Å²) in [5.41, 5.74) is 1.29. The number of rotatable bonds is 9. The van der Waals surface area contributed by atoms with Crippen LogP contribution in [0.2, 0.25) is 0 Å². The Balaban J connectivity index is 3.52. The minimum absolute atomic E-state index is 0.0708. The van der Waals surface area contributed by atoms with Crippen molar-refractivity contribution in [2.24, 2.45) is 5.92 Å². The standard InChI is InChI=1S/C27H45N3O5/c1-17(2)13-21(28-25(34)35-27(8,9)10)24(33)30(11-12-31)22(23(32)29-26(5,6)7)20-15-18(3)14-19(4)16-20/h14-17,21-22,31H,11-13H2,1-10H3,(H,28,34)(H,29,32). The number of nitrogens with zero attached hydrogens (tertiary/aromatic N) is 1. The Morgan fingerprint density at radius 2 is 1.54 bits per heavy atom. The van der Waals surface area contributed by atoms with Gasteiger partial charge in [-0.2, -0.15) is 0 Å². The highest BCUT2D eigenvalue weighted by molar-refractivity contribution is 5.92. The number of carbonyl (C=O) groups excluding carboxylic acids is 3. The molecule has 0 fully saturated rings. The molecule has 1 aromatic carbocycles. The molecule has 8 nitrogen and oxygen atoms in total. The number of benzene rings is 1. The number of aryl methyl sites for hydroxylation is 2. The van der Waals surface area contributed by atoms with E-state index in [2.05, 4.69) is 10.6 Å². The van der Waals surface area contributed by atoms with Gasteiger partial charge in [-0.3, -0.25) is 9.59 Å². The van der Waals surface area contributed by atoms with E-state index >= 15 is 0 Å². The largest absolute Gasteiger partial charge is 0.444 e. The normalized spacial score (nSPS) is 13.7. The summed E-state index contributed by atoms with van der Waals surface area (Å²) in [6, 6.07) is 3.83. The maximum absolute atomic E-state index is 13.9. The number of ether oxygens (including phenoxy) is 1. The van der Waals surface area contributed by atoms with Crippen LogP contribution in [0, 0.1) is 19.8 Å². The molecule has 2 unspecified atom stereocenters. The van der Waals surface area contributed by atoms with Crippen molar-refractivity contribution in [2.75, 3.05) is 13.2 Å². The summed E-state index contributed by atoms with van der Waals surface area (Å²) in [4.78, 5) is 41.4. The number of hydrogen-bond donors (Lipinski definition) is 3. The van der Waals surface area contributed by atoms with Crippen LogP contribution >= 0.6 is 0 Å². The summed E-state index contributed by atoms with van der Waals surface area (Å²) < 4.78 is 5.38. The first kappa shape index (κ1) is 30.4. The van der Waals surface area contributed by atoms with E-state index in [1.54, 1.807) is 20.8 Å². The summed E-state index contributed by atoms with van der Waals surface area (Å²) in [6.45, 7) is 18.2. The highest BCUT2D eigenvalue weighted by atomic mass is 16.6. The zero-order valence-electron chi connectivity index (χ0n) is 23.1. The molecule has 198 valence electrons. The molecule has 2 atom stereocenters. The lowest BCUT2D eigenvalue weighted by atomic mass is 9.96. The maximum atomic E-state index is 13.9. The topological polar surface area (TPSA) is 108 Å². The van der Waals surface area contributed by atoms with Gasteiger partial charge in [-0.05, 0) is 73.3 Å². The smallest absolute Gasteiger partial charge is 0.408 e. The fourth-order valence-corrected chi connectivity index (χ4v) is 3.90. The molecule has 3 N–H and O–H groups in total. The molecule has 0 bridgehead atoms. The Labute approximate surface area is 210 Å². The van der Waals surface area contributed by atoms with E-state index in [0.717, 1.165) is 11.1 Å². The van der Waals surface area contributed by atoms with E-state index in [1.165, 1.54) is 4.90 Å². The predicted molar refractivity (Wildman–Crippen MR) is 138 cm³/mol. The third-order valence-corrected chi connectivity index (χ3v) is 4.94. The number of amides is 3. The van der Waals surface area contributed by atoms with Crippen LogP contribution in [0.1, 0.15) is 84.5 Å². The van der Waals surface area contributed by atoms with E-state index in [1.807, 2.05) is 66.7 Å². The molecule has 0 spiro atoms. The molecule has 0 heterocycles. The molecule has 1 rings (SSSR count). The molecule has 3 amide bonds. The molecular weight excluding hydrogens is 446 g/mol. The lowest BCUT2D eigenvalue weighted by Crippen LogP contribution is -2.55. The lowest BCUT2D eigenvalue weighted by molar-refractivity contribution is -0.144. The number of carbonyl (C=O) groups is 3. The molecule has 0 aliphatic heterocycles. The number of aliphatic hydroxyl groups is 1. The second-order valence-corrected chi connectivity index (χ2v) is 11.6. The molecular formula is C27H45N3O5. The van der Waals surface area contributed by atoms with Crippen LogP contribution in [0.5, 0.6) is 0 Å². The van der Waals surface area contributed by atoms with Crippen molar-refractivity contribution >= 4 is 17.9 Å². The van der Waals surface area contributed by atoms with E-state index < -0.39 is 35.2 Å². The van der Waals surface area contributed by atoms with Crippen LogP contribution in [0.25, 0.3) is 0 Å². The van der Waals surface area contributed by atoms with Gasteiger partial charge in [-0.15, -0.1) is 0 Å². The summed E-state index contributed by atoms with van der Waals surface area (Å²) in [7, 11) is 0. The third kappa shape index (κ3) is 10.7. The maximum Gasteiger partial charge on any atom is 0.408 e. The average molecular weight is 492 g/mol. The summed E-state index contributed by atoms with van der Waals surface area (Å²) in [6.07, 6.45) is -0.358. The SMILES string of the molecule is Cc1cc(C)cc(C(C(=O)NC(C)(C)C)N(CCO)C(=O)C(CC(C)C)NC(=O)OC(C)(C)C)c1. The van der Waals surface area contributed by atoms with Gasteiger partial charge >= 0.3 is 6.09 Å². The van der Waals surface area contributed by atoms with Crippen LogP contribution in [0.3, 0.4) is 0 Å². The van der Waals surface area contributed by atoms with Gasteiger partial charge in [-0.1, -0.05) is 43.2 Å². The fourth-order valence-electron chi connectivity index (χ4n) is 3.90. The monoisotopic (exact) mass is 491 g/mol. The summed E-state index contributed by atoms with van der Waals surface area (Å²) in [5.74, 6) is -0.727. The molecule has 0 saturated heterocycles. The zero-order valence-corrected chi connectivity index (χ0v) is 23.1. The molecule has 0 saturated carbocycles. The minimum Gasteiger partial charge on any atom is -0.444 e. The summed E-state index contributed by atoms with van der Waals surface area (Å²) in [5, 5.41) is 15.5. The quantitative estimate of drug-likeness (QED) is 0.484. The van der Waals surface area contributed by atoms with Gasteiger partial charge in [0.15, 0.2) is 0 Å². The van der Waals surface area contributed by atoms with Gasteiger partial charge in [0, 0.05) is 12.1 Å². The molecule has 1 aromatic rings. The van der Waals surface area contributed by atoms with Gasteiger partial charge in [0.2, 0.25) is 11.8 Å². The third-order valence-electron chi connectivity index (χ3n) is 4.94. The molecule has 0 aromatic heterocycles. The van der Waals surface area contributed by atoms with Crippen LogP contribution in [0.15, 0.2) is 18.2 Å². The first-order valence-corrected chi connectivity index (χ1v) is 12.2. The average Bonchev–Trinajstić information content (AvgIpc) is 2.62. The van der Waals surface area contributed by atoms with Crippen molar-refractivity contribution in [1.29, 1.82) is 0 Å². The van der Waals surface area contributed by atoms with Crippen molar-refractivity contribution in [3.05, 3.63) is 34.9 Å². The van der Waals surface area contributed by atoms with Crippen molar-refractivity contribution in [2.45, 2.75) is 98.9 Å². The van der Waals surface area contributed by atoms with Crippen LogP contribution in [-0.2, 0) is 14.3 Å². The number of aliphatic hydroxyl groups excluding tert-OH is 1. The Kier molecular flexibility index (Phi) is 10.8. The first-order valence-electron chi connectivity index (χ1n) is 12.2. The van der Waals surface area contributed by atoms with Crippen molar-refractivity contribution in [3.8, 4) is 0 Å². The minimum atomic E-state index is -0.984. The first-order chi connectivity index (χ1) is 15.9. The highest BCUT2D eigenvalue weighted by Gasteiger charge is 2.37. The Morgan fingerprint density at radius 1 is 1.00 bits per heavy atom. The van der Waals surface area contributed by atoms with Crippen molar-refractivity contribution < 1.29 is 24.2 Å². The van der Waals surface area contributed by atoms with Crippen molar-refractivity contribution in [1.82, 2.24) is 15.5 Å². The van der Waals surface area contributed by atoms with E-state index in [-0.39, 0.29) is 25.0 Å². The Hall–Kier alpha value is -2.61. The van der Waals surface area contributed by atoms with Crippen LogP contribution in [-0.4, -0.2) is 58.2 Å². The van der Waals surface area contributed by atoms with Crippen molar-refractivity contribution in [3.63, 3.8) is 0 Å². The number of alkyl carbamates (subject to hydrolysis) is 1. The molecule has 35 heavy (non-hydrogen) atoms. The van der Waals surface area contributed by atoms with Crippen LogP contribution < -0.4 is 10.6 Å². The fraction of sp³-hybridized carbons (Fsp3) is 0.667. The second kappa shape index (κ2) is 12.4. The van der Waals surface area contributed by atoms with Gasteiger partial charge in [0.25, 0.3) is 0 Å². The Bertz CT molecular complexity index is 864. The number of nitrogens with one attached hydrogen (secondary N) is 2. The van der Waals surface area contributed by atoms with Gasteiger partial charge in [0.1, 0.15) is 17.7 Å². The molecule has 8 heteroatoms. The van der Waals surface area contributed by atoms with Crippen LogP contribution in [0.4, 0.5) is 4.79 Å². The summed E-state index contributed by atoms with van der Waals surface area (Å²) >= 11 is 0. The molecule has 0 radical (unpaired) electrons. The predicted octanol–water partition coefficient (Wildman–Crippen LogP) is 4.02. The van der Waals surface area contributed by atoms with Gasteiger partial charge in [0.05, 0.1) is 6.61 Å². The molecule has 0 aliphatic rings. The van der Waals surface area contributed by atoms with Gasteiger partial charge in [-0.25, -0.2) is 4.79 Å². The van der Waals surface area contributed by atoms with E-state index in [9.17, 15) is 19.5 Å². The zero-order chi connectivity index (χ0) is 27.1. The highest BCUT2D eigenvalue weighted by Crippen LogP contribution is 2.26. The second-order valence-electron chi connectivity index (χ2n) is 11.6. The molecule has 0 aliphatic carbocycles. The van der Waals surface area contributed by atoms with E-state index in [0.29, 0.717) is 12.0 Å².